The standard InChI is InChI=1S/C24H24N4O5/c1-14(15-6-7-20-21(11-15)33-9-8-32-20)26-22(29)13-28-23(30)19(27-24(28)31)10-16-12-25-18-5-3-2-4-17(16)18/h2-7,11-12,14,19,25H,8-10,13H2,1H3,(H,26,29)(H,27,31). The number of ether oxygens (including phenoxy) is 2. The molecule has 2 unspecified atom stereocenters. The molecule has 0 bridgehead atoms. The maximum atomic E-state index is 12.9. The van der Waals surface area contributed by atoms with E-state index >= 15 is 0 Å². The molecule has 4 amide bonds. The maximum absolute atomic E-state index is 12.9. The van der Waals surface area contributed by atoms with E-state index in [1.54, 1.807) is 6.07 Å². The van der Waals surface area contributed by atoms with Crippen LogP contribution < -0.4 is 20.1 Å². The molecule has 0 aliphatic carbocycles. The molecule has 0 radical (unpaired) electrons. The van der Waals surface area contributed by atoms with Crippen LogP contribution in [0.25, 0.3) is 10.9 Å². The van der Waals surface area contributed by atoms with Crippen molar-refractivity contribution in [1.82, 2.24) is 20.5 Å². The predicted molar refractivity (Wildman–Crippen MR) is 120 cm³/mol. The zero-order valence-corrected chi connectivity index (χ0v) is 18.1. The molecule has 2 aromatic carbocycles. The van der Waals surface area contributed by atoms with Crippen LogP contribution in [0.1, 0.15) is 24.1 Å². The van der Waals surface area contributed by atoms with Gasteiger partial charge in [-0.15, -0.1) is 0 Å². The second-order valence-electron chi connectivity index (χ2n) is 8.18. The van der Waals surface area contributed by atoms with Crippen LogP contribution in [0.15, 0.2) is 48.7 Å². The summed E-state index contributed by atoms with van der Waals surface area (Å²) in [6, 6.07) is 11.6. The lowest BCUT2D eigenvalue weighted by Gasteiger charge is -2.21. The Morgan fingerprint density at radius 1 is 1.15 bits per heavy atom. The van der Waals surface area contributed by atoms with E-state index < -0.39 is 23.9 Å². The molecule has 2 atom stereocenters. The molecule has 2 aliphatic rings. The zero-order valence-electron chi connectivity index (χ0n) is 18.1. The Kier molecular flexibility index (Phi) is 5.37. The summed E-state index contributed by atoms with van der Waals surface area (Å²) in [4.78, 5) is 42.0. The summed E-state index contributed by atoms with van der Waals surface area (Å²) >= 11 is 0. The highest BCUT2D eigenvalue weighted by Gasteiger charge is 2.39. The molecule has 170 valence electrons. The smallest absolute Gasteiger partial charge is 0.325 e. The first kappa shape index (κ1) is 20.9. The van der Waals surface area contributed by atoms with Crippen molar-refractivity contribution in [2.24, 2.45) is 0 Å². The second kappa shape index (κ2) is 8.50. The van der Waals surface area contributed by atoms with Crippen molar-refractivity contribution in [3.63, 3.8) is 0 Å². The first-order valence-corrected chi connectivity index (χ1v) is 10.9. The van der Waals surface area contributed by atoms with Crippen LogP contribution in [0, 0.1) is 0 Å². The van der Waals surface area contributed by atoms with E-state index in [-0.39, 0.29) is 12.6 Å². The highest BCUT2D eigenvalue weighted by atomic mass is 16.6. The summed E-state index contributed by atoms with van der Waals surface area (Å²) in [6.45, 7) is 2.47. The minimum Gasteiger partial charge on any atom is -0.486 e. The topological polar surface area (TPSA) is 113 Å². The van der Waals surface area contributed by atoms with Gasteiger partial charge in [0.05, 0.1) is 6.04 Å². The van der Waals surface area contributed by atoms with Crippen LogP contribution in [-0.2, 0) is 16.0 Å². The number of fused-ring (bicyclic) bond motifs is 2. The Labute approximate surface area is 190 Å². The van der Waals surface area contributed by atoms with E-state index in [0.29, 0.717) is 31.1 Å². The van der Waals surface area contributed by atoms with Crippen molar-refractivity contribution in [2.75, 3.05) is 19.8 Å². The minimum absolute atomic E-state index is 0.337. The SMILES string of the molecule is CC(NC(=O)CN1C(=O)NC(Cc2c[nH]c3ccccc23)C1=O)c1ccc2c(c1)OCCO2. The van der Waals surface area contributed by atoms with Crippen LogP contribution >= 0.6 is 0 Å². The monoisotopic (exact) mass is 448 g/mol. The van der Waals surface area contributed by atoms with Gasteiger partial charge in [-0.05, 0) is 36.2 Å². The predicted octanol–water partition coefficient (Wildman–Crippen LogP) is 2.28. The molecule has 1 saturated heterocycles. The van der Waals surface area contributed by atoms with Crippen LogP contribution in [0.4, 0.5) is 4.79 Å². The summed E-state index contributed by atoms with van der Waals surface area (Å²) < 4.78 is 11.1. The largest absolute Gasteiger partial charge is 0.486 e. The number of amides is 4. The van der Waals surface area contributed by atoms with Crippen LogP contribution in [0.3, 0.4) is 0 Å². The molecule has 0 spiro atoms. The van der Waals surface area contributed by atoms with Gasteiger partial charge in [-0.2, -0.15) is 0 Å². The van der Waals surface area contributed by atoms with Crippen molar-refractivity contribution in [3.05, 3.63) is 59.8 Å². The summed E-state index contributed by atoms with van der Waals surface area (Å²) in [7, 11) is 0. The number of nitrogens with one attached hydrogen (secondary N) is 3. The number of H-pyrrole nitrogens is 1. The molecule has 5 rings (SSSR count). The van der Waals surface area contributed by atoms with Crippen molar-refractivity contribution in [1.29, 1.82) is 0 Å². The number of aromatic nitrogens is 1. The van der Waals surface area contributed by atoms with Gasteiger partial charge in [-0.3, -0.25) is 14.5 Å². The Hall–Kier alpha value is -4.01. The van der Waals surface area contributed by atoms with Crippen molar-refractivity contribution < 1.29 is 23.9 Å². The molecule has 2 aliphatic heterocycles. The number of hydrogen-bond acceptors (Lipinski definition) is 5. The van der Waals surface area contributed by atoms with Crippen LogP contribution in [0.5, 0.6) is 11.5 Å². The number of carbonyl (C=O) groups excluding carboxylic acids is 3. The van der Waals surface area contributed by atoms with Gasteiger partial charge in [0.15, 0.2) is 11.5 Å². The molecule has 3 heterocycles. The Balaban J connectivity index is 1.21. The van der Waals surface area contributed by atoms with E-state index in [1.165, 1.54) is 0 Å². The van der Waals surface area contributed by atoms with Crippen LogP contribution in [0.2, 0.25) is 0 Å². The van der Waals surface area contributed by atoms with Gasteiger partial charge in [-0.1, -0.05) is 24.3 Å². The molecule has 3 aromatic rings. The Bertz CT molecular complexity index is 1240. The van der Waals surface area contributed by atoms with E-state index in [2.05, 4.69) is 15.6 Å². The molecule has 9 heteroatoms. The highest BCUT2D eigenvalue weighted by Crippen LogP contribution is 2.32. The van der Waals surface area contributed by atoms with Gasteiger partial charge in [-0.25, -0.2) is 4.79 Å². The number of urea groups is 1. The highest BCUT2D eigenvalue weighted by molar-refractivity contribution is 6.06. The number of nitrogens with zero attached hydrogens (tertiary/aromatic N) is 1. The quantitative estimate of drug-likeness (QED) is 0.501. The van der Waals surface area contributed by atoms with Gasteiger partial charge < -0.3 is 25.1 Å². The van der Waals surface area contributed by atoms with Crippen molar-refractivity contribution in [2.45, 2.75) is 25.4 Å². The fraction of sp³-hybridized carbons (Fsp3) is 0.292. The first-order valence-electron chi connectivity index (χ1n) is 10.9. The normalized spacial score (nSPS) is 18.3. The third kappa shape index (κ3) is 4.09. The maximum Gasteiger partial charge on any atom is 0.325 e. The van der Waals surface area contributed by atoms with Gasteiger partial charge in [0.2, 0.25) is 5.91 Å². The molecule has 1 aromatic heterocycles. The zero-order chi connectivity index (χ0) is 22.9. The Morgan fingerprint density at radius 3 is 2.79 bits per heavy atom. The summed E-state index contributed by atoms with van der Waals surface area (Å²) in [6.07, 6.45) is 2.19. The summed E-state index contributed by atoms with van der Waals surface area (Å²) in [5.41, 5.74) is 2.73. The number of imide groups is 1. The first-order chi connectivity index (χ1) is 16.0. The fourth-order valence-corrected chi connectivity index (χ4v) is 4.23. The summed E-state index contributed by atoms with van der Waals surface area (Å²) in [5, 5.41) is 6.54. The van der Waals surface area contributed by atoms with E-state index in [0.717, 1.165) is 26.9 Å². The average molecular weight is 448 g/mol. The molecule has 9 nitrogen and oxygen atoms in total. The number of para-hydroxylation sites is 1. The number of rotatable bonds is 6. The van der Waals surface area contributed by atoms with E-state index in [1.807, 2.05) is 49.5 Å². The molecule has 3 N–H and O–H groups in total. The number of benzene rings is 2. The van der Waals surface area contributed by atoms with Crippen LogP contribution in [-0.4, -0.2) is 53.5 Å². The lowest BCUT2D eigenvalue weighted by atomic mass is 10.1. The Morgan fingerprint density at radius 2 is 1.94 bits per heavy atom. The van der Waals surface area contributed by atoms with Gasteiger partial charge in [0, 0.05) is 23.5 Å². The lowest BCUT2D eigenvalue weighted by Crippen LogP contribution is -2.42. The van der Waals surface area contributed by atoms with Gasteiger partial charge >= 0.3 is 6.03 Å². The van der Waals surface area contributed by atoms with Gasteiger partial charge in [0.1, 0.15) is 25.8 Å². The molecule has 1 fully saturated rings. The lowest BCUT2D eigenvalue weighted by molar-refractivity contribution is -0.132. The third-order valence-electron chi connectivity index (χ3n) is 5.95. The molecular formula is C24H24N4O5. The van der Waals surface area contributed by atoms with E-state index in [9.17, 15) is 14.4 Å². The second-order valence-corrected chi connectivity index (χ2v) is 8.18. The molecule has 0 saturated carbocycles. The fourth-order valence-electron chi connectivity index (χ4n) is 4.23. The third-order valence-corrected chi connectivity index (χ3v) is 5.95. The van der Waals surface area contributed by atoms with Crippen molar-refractivity contribution >= 4 is 28.7 Å². The van der Waals surface area contributed by atoms with Gasteiger partial charge in [0.25, 0.3) is 5.91 Å². The molecular weight excluding hydrogens is 424 g/mol. The van der Waals surface area contributed by atoms with E-state index in [4.69, 9.17) is 9.47 Å². The average Bonchev–Trinajstić information content (AvgIpc) is 3.35. The number of carbonyl (C=O) groups is 3. The minimum atomic E-state index is -0.709. The summed E-state index contributed by atoms with van der Waals surface area (Å²) in [5.74, 6) is 0.472. The van der Waals surface area contributed by atoms with Crippen molar-refractivity contribution in [3.8, 4) is 11.5 Å². The molecule has 33 heavy (non-hydrogen) atoms. The number of aromatic amines is 1. The number of hydrogen-bond donors (Lipinski definition) is 3.